The van der Waals surface area contributed by atoms with Gasteiger partial charge in [0.2, 0.25) is 11.8 Å². The molecule has 6 nitrogen and oxygen atoms in total. The molecule has 148 valence electrons. The molecule has 1 saturated heterocycles. The van der Waals surface area contributed by atoms with Gasteiger partial charge in [-0.1, -0.05) is 18.2 Å². The van der Waals surface area contributed by atoms with E-state index in [0.29, 0.717) is 19.5 Å². The number of para-hydroxylation sites is 1. The van der Waals surface area contributed by atoms with Crippen LogP contribution in [-0.2, 0) is 22.4 Å². The van der Waals surface area contributed by atoms with Crippen molar-refractivity contribution in [3.05, 3.63) is 45.9 Å². The first-order valence-electron chi connectivity index (χ1n) is 9.85. The van der Waals surface area contributed by atoms with Gasteiger partial charge in [0.05, 0.1) is 12.5 Å². The summed E-state index contributed by atoms with van der Waals surface area (Å²) in [7, 11) is 0. The zero-order valence-electron chi connectivity index (χ0n) is 16.4. The molecule has 4 rings (SSSR count). The van der Waals surface area contributed by atoms with Crippen molar-refractivity contribution in [2.75, 3.05) is 37.6 Å². The van der Waals surface area contributed by atoms with Crippen LogP contribution in [0.3, 0.4) is 0 Å². The number of benzene rings is 1. The van der Waals surface area contributed by atoms with Gasteiger partial charge < -0.3 is 9.80 Å². The monoisotopic (exact) mass is 398 g/mol. The van der Waals surface area contributed by atoms with Gasteiger partial charge in [-0.3, -0.25) is 14.5 Å². The molecule has 2 aliphatic rings. The minimum atomic E-state index is -0.176. The summed E-state index contributed by atoms with van der Waals surface area (Å²) in [6.07, 6.45) is 1.30. The Kier molecular flexibility index (Phi) is 5.46. The standard InChI is InChI=1S/C21H26N4O2S/c1-15-14-28-19(22-15)13-20(26)24-11-9-23(10-12-24)16(2)21(27)25-8-7-17-5-3-4-6-18(17)25/h3-6,14,16H,7-13H2,1-2H3. The third-order valence-electron chi connectivity index (χ3n) is 5.69. The minimum absolute atomic E-state index is 0.126. The SMILES string of the molecule is Cc1csc(CC(=O)N2CCN(C(C)C(=O)N3CCc4ccccc43)CC2)n1. The minimum Gasteiger partial charge on any atom is -0.340 e. The van der Waals surface area contributed by atoms with Gasteiger partial charge in [0.15, 0.2) is 0 Å². The van der Waals surface area contributed by atoms with Crippen LogP contribution in [0.1, 0.15) is 23.2 Å². The fourth-order valence-electron chi connectivity index (χ4n) is 4.03. The quantitative estimate of drug-likeness (QED) is 0.792. The van der Waals surface area contributed by atoms with Crippen LogP contribution in [0.25, 0.3) is 0 Å². The van der Waals surface area contributed by atoms with Crippen LogP contribution >= 0.6 is 11.3 Å². The second-order valence-corrected chi connectivity index (χ2v) is 8.46. The van der Waals surface area contributed by atoms with E-state index in [2.05, 4.69) is 16.0 Å². The number of piperazine rings is 1. The Hall–Kier alpha value is -2.25. The Morgan fingerprint density at radius 3 is 2.61 bits per heavy atom. The molecular formula is C21H26N4O2S. The van der Waals surface area contributed by atoms with Crippen LogP contribution in [0.5, 0.6) is 0 Å². The number of aryl methyl sites for hydroxylation is 1. The zero-order chi connectivity index (χ0) is 19.7. The highest BCUT2D eigenvalue weighted by Gasteiger charge is 2.33. The van der Waals surface area contributed by atoms with Crippen LogP contribution in [0, 0.1) is 6.92 Å². The fourth-order valence-corrected chi connectivity index (χ4v) is 4.80. The first-order chi connectivity index (χ1) is 13.5. The largest absolute Gasteiger partial charge is 0.340 e. The molecular weight excluding hydrogens is 372 g/mol. The lowest BCUT2D eigenvalue weighted by molar-refractivity contribution is -0.133. The van der Waals surface area contributed by atoms with Crippen molar-refractivity contribution in [1.29, 1.82) is 0 Å². The van der Waals surface area contributed by atoms with Crippen molar-refractivity contribution < 1.29 is 9.59 Å². The molecule has 0 saturated carbocycles. The van der Waals surface area contributed by atoms with E-state index in [-0.39, 0.29) is 17.9 Å². The van der Waals surface area contributed by atoms with Gasteiger partial charge in [-0.25, -0.2) is 4.98 Å². The molecule has 0 aliphatic carbocycles. The maximum Gasteiger partial charge on any atom is 0.244 e. The number of aromatic nitrogens is 1. The van der Waals surface area contributed by atoms with E-state index in [9.17, 15) is 9.59 Å². The predicted molar refractivity (Wildman–Crippen MR) is 111 cm³/mol. The molecule has 0 radical (unpaired) electrons. The number of anilines is 1. The lowest BCUT2D eigenvalue weighted by Crippen LogP contribution is -2.55. The van der Waals surface area contributed by atoms with Crippen molar-refractivity contribution in [3.8, 4) is 0 Å². The van der Waals surface area contributed by atoms with Crippen molar-refractivity contribution in [3.63, 3.8) is 0 Å². The van der Waals surface area contributed by atoms with E-state index in [0.717, 1.165) is 42.4 Å². The number of hydrogen-bond acceptors (Lipinski definition) is 5. The highest BCUT2D eigenvalue weighted by atomic mass is 32.1. The first-order valence-corrected chi connectivity index (χ1v) is 10.7. The topological polar surface area (TPSA) is 56.8 Å². The summed E-state index contributed by atoms with van der Waals surface area (Å²) in [4.78, 5) is 36.0. The van der Waals surface area contributed by atoms with Gasteiger partial charge in [-0.15, -0.1) is 11.3 Å². The van der Waals surface area contributed by atoms with Gasteiger partial charge in [-0.05, 0) is 31.9 Å². The second-order valence-electron chi connectivity index (χ2n) is 7.52. The predicted octanol–water partition coefficient (Wildman–Crippen LogP) is 2.12. The van der Waals surface area contributed by atoms with Crippen molar-refractivity contribution >= 4 is 28.8 Å². The third-order valence-corrected chi connectivity index (χ3v) is 6.66. The van der Waals surface area contributed by atoms with Crippen molar-refractivity contribution in [1.82, 2.24) is 14.8 Å². The summed E-state index contributed by atoms with van der Waals surface area (Å²) in [6.45, 7) is 7.47. The van der Waals surface area contributed by atoms with E-state index in [1.165, 1.54) is 5.56 Å². The average Bonchev–Trinajstić information content (AvgIpc) is 3.33. The van der Waals surface area contributed by atoms with E-state index in [4.69, 9.17) is 0 Å². The summed E-state index contributed by atoms with van der Waals surface area (Å²) in [5.41, 5.74) is 3.26. The van der Waals surface area contributed by atoms with Gasteiger partial charge in [0.1, 0.15) is 5.01 Å². The maximum absolute atomic E-state index is 13.1. The number of fused-ring (bicyclic) bond motifs is 1. The smallest absolute Gasteiger partial charge is 0.244 e. The molecule has 2 aliphatic heterocycles. The van der Waals surface area contributed by atoms with Crippen LogP contribution in [0.4, 0.5) is 5.69 Å². The summed E-state index contributed by atoms with van der Waals surface area (Å²) >= 11 is 1.54. The molecule has 0 spiro atoms. The molecule has 2 aromatic rings. The maximum atomic E-state index is 13.1. The van der Waals surface area contributed by atoms with Gasteiger partial charge in [-0.2, -0.15) is 0 Å². The van der Waals surface area contributed by atoms with Crippen molar-refractivity contribution in [2.24, 2.45) is 0 Å². The molecule has 1 fully saturated rings. The average molecular weight is 399 g/mol. The highest BCUT2D eigenvalue weighted by molar-refractivity contribution is 7.09. The molecule has 2 amide bonds. The molecule has 7 heteroatoms. The van der Waals surface area contributed by atoms with Gasteiger partial charge in [0.25, 0.3) is 0 Å². The molecule has 28 heavy (non-hydrogen) atoms. The van der Waals surface area contributed by atoms with E-state index in [1.807, 2.05) is 47.2 Å². The first kappa shape index (κ1) is 19.1. The Morgan fingerprint density at radius 2 is 1.89 bits per heavy atom. The Morgan fingerprint density at radius 1 is 1.14 bits per heavy atom. The van der Waals surface area contributed by atoms with Crippen LogP contribution < -0.4 is 4.90 Å². The molecule has 1 unspecified atom stereocenters. The zero-order valence-corrected chi connectivity index (χ0v) is 17.2. The molecule has 3 heterocycles. The number of carbonyl (C=O) groups excluding carboxylic acids is 2. The molecule has 1 aromatic heterocycles. The number of carbonyl (C=O) groups is 2. The number of thiazole rings is 1. The number of amides is 2. The molecule has 1 aromatic carbocycles. The third kappa shape index (κ3) is 3.82. The summed E-state index contributed by atoms with van der Waals surface area (Å²) < 4.78 is 0. The Bertz CT molecular complexity index is 873. The Labute approximate surface area is 169 Å². The van der Waals surface area contributed by atoms with Crippen LogP contribution in [0.15, 0.2) is 29.6 Å². The number of nitrogens with zero attached hydrogens (tertiary/aromatic N) is 4. The fraction of sp³-hybridized carbons (Fsp3) is 0.476. The van der Waals surface area contributed by atoms with Crippen molar-refractivity contribution in [2.45, 2.75) is 32.7 Å². The molecule has 0 bridgehead atoms. The summed E-state index contributed by atoms with van der Waals surface area (Å²) in [5, 5.41) is 2.85. The van der Waals surface area contributed by atoms with Crippen LogP contribution in [-0.4, -0.2) is 65.4 Å². The summed E-state index contributed by atoms with van der Waals surface area (Å²) in [5.74, 6) is 0.282. The van der Waals surface area contributed by atoms with Crippen LogP contribution in [0.2, 0.25) is 0 Å². The summed E-state index contributed by atoms with van der Waals surface area (Å²) in [6, 6.07) is 7.97. The molecule has 0 N–H and O–H groups in total. The Balaban J connectivity index is 1.32. The number of rotatable bonds is 4. The number of hydrogen-bond donors (Lipinski definition) is 0. The van der Waals surface area contributed by atoms with E-state index in [1.54, 1.807) is 11.3 Å². The normalized spacial score (nSPS) is 18.2. The van der Waals surface area contributed by atoms with E-state index < -0.39 is 0 Å². The van der Waals surface area contributed by atoms with Gasteiger partial charge >= 0.3 is 0 Å². The highest BCUT2D eigenvalue weighted by Crippen LogP contribution is 2.28. The lowest BCUT2D eigenvalue weighted by Gasteiger charge is -2.38. The van der Waals surface area contributed by atoms with E-state index >= 15 is 0 Å². The lowest BCUT2D eigenvalue weighted by atomic mass is 10.1. The van der Waals surface area contributed by atoms with Gasteiger partial charge in [0, 0.05) is 49.5 Å². The molecule has 1 atom stereocenters. The second kappa shape index (κ2) is 8.01.